The second-order valence-electron chi connectivity index (χ2n) is 6.80. The number of carboxylic acids is 1. The predicted octanol–water partition coefficient (Wildman–Crippen LogP) is 0.509. The lowest BCUT2D eigenvalue weighted by Gasteiger charge is -2.14. The Kier molecular flexibility index (Phi) is 4.92. The molecule has 154 valence electrons. The highest BCUT2D eigenvalue weighted by Gasteiger charge is 2.22. The summed E-state index contributed by atoms with van der Waals surface area (Å²) < 4.78 is 1.56. The van der Waals surface area contributed by atoms with Gasteiger partial charge in [-0.3, -0.25) is 9.59 Å². The van der Waals surface area contributed by atoms with Crippen LogP contribution in [0.4, 0.5) is 0 Å². The first-order valence-corrected chi connectivity index (χ1v) is 9.12. The molecule has 11 nitrogen and oxygen atoms in total. The topological polar surface area (TPSA) is 166 Å². The normalized spacial score (nSPS) is 12.3. The minimum atomic E-state index is -1.17. The average molecular weight is 410 g/mol. The van der Waals surface area contributed by atoms with E-state index in [4.69, 9.17) is 0 Å². The third kappa shape index (κ3) is 3.72. The molecular formula is C19H18N6O5. The zero-order valence-electron chi connectivity index (χ0n) is 15.6. The number of phenols is 1. The Morgan fingerprint density at radius 2 is 2.07 bits per heavy atom. The van der Waals surface area contributed by atoms with Crippen LogP contribution in [0, 0.1) is 0 Å². The number of aromatic nitrogens is 5. The molecule has 0 saturated heterocycles. The van der Waals surface area contributed by atoms with Gasteiger partial charge in [0.2, 0.25) is 5.91 Å². The van der Waals surface area contributed by atoms with Crippen LogP contribution in [0.15, 0.2) is 41.8 Å². The Hall–Kier alpha value is -4.15. The molecule has 3 aromatic heterocycles. The number of hydrogen-bond acceptors (Lipinski definition) is 6. The summed E-state index contributed by atoms with van der Waals surface area (Å²) in [5, 5.41) is 22.4. The zero-order chi connectivity index (χ0) is 21.3. The van der Waals surface area contributed by atoms with E-state index in [1.165, 1.54) is 18.7 Å². The highest BCUT2D eigenvalue weighted by molar-refractivity contribution is 5.87. The van der Waals surface area contributed by atoms with Crippen LogP contribution in [-0.4, -0.2) is 52.6 Å². The molecule has 0 aliphatic rings. The second kappa shape index (κ2) is 7.70. The number of rotatable bonds is 7. The Bertz CT molecular complexity index is 1300. The number of carbonyl (C=O) groups is 2. The van der Waals surface area contributed by atoms with Gasteiger partial charge in [0.1, 0.15) is 11.8 Å². The fraction of sp³-hybridized carbons (Fsp3) is 0.211. The average Bonchev–Trinajstić information content (AvgIpc) is 3.30. The van der Waals surface area contributed by atoms with E-state index in [2.05, 4.69) is 25.3 Å². The summed E-state index contributed by atoms with van der Waals surface area (Å²) in [5.74, 6) is -1.56. The van der Waals surface area contributed by atoms with Gasteiger partial charge in [0.25, 0.3) is 5.56 Å². The van der Waals surface area contributed by atoms with Gasteiger partial charge < -0.3 is 30.1 Å². The molecule has 0 bridgehead atoms. The van der Waals surface area contributed by atoms with Crippen molar-refractivity contribution in [1.29, 1.82) is 0 Å². The Morgan fingerprint density at radius 1 is 1.23 bits per heavy atom. The minimum absolute atomic E-state index is 0.0155. The van der Waals surface area contributed by atoms with Gasteiger partial charge in [-0.05, 0) is 23.8 Å². The lowest BCUT2D eigenvalue weighted by Crippen LogP contribution is -2.42. The van der Waals surface area contributed by atoms with E-state index in [1.807, 2.05) is 0 Å². The van der Waals surface area contributed by atoms with Crippen LogP contribution in [0.2, 0.25) is 0 Å². The first kappa shape index (κ1) is 19.2. The summed E-state index contributed by atoms with van der Waals surface area (Å²) in [4.78, 5) is 49.2. The van der Waals surface area contributed by atoms with Crippen LogP contribution in [0.5, 0.6) is 5.75 Å². The van der Waals surface area contributed by atoms with Crippen LogP contribution in [0.25, 0.3) is 22.1 Å². The van der Waals surface area contributed by atoms with Crippen molar-refractivity contribution in [2.45, 2.75) is 25.4 Å². The standard InChI is InChI=1S/C19H18N6O5/c26-11-1-2-13-12(6-11)10(7-20-13)5-14(19(29)30)24-15(27)3-4-25-9-23-16-17(25)21-8-22-18(16)28/h1-2,6-9,14,20,26H,3-5H2,(H,24,27)(H,29,30)(H,21,22,28). The maximum atomic E-state index is 12.4. The van der Waals surface area contributed by atoms with Crippen LogP contribution in [0.3, 0.4) is 0 Å². The summed E-state index contributed by atoms with van der Waals surface area (Å²) in [7, 11) is 0. The van der Waals surface area contributed by atoms with Gasteiger partial charge in [-0.2, -0.15) is 0 Å². The summed E-state index contributed by atoms with van der Waals surface area (Å²) >= 11 is 0. The molecule has 3 heterocycles. The van der Waals surface area contributed by atoms with Gasteiger partial charge in [-0.25, -0.2) is 14.8 Å². The number of aromatic hydroxyl groups is 1. The highest BCUT2D eigenvalue weighted by atomic mass is 16.4. The van der Waals surface area contributed by atoms with Gasteiger partial charge in [-0.15, -0.1) is 0 Å². The van der Waals surface area contributed by atoms with Gasteiger partial charge in [0, 0.05) is 36.5 Å². The summed E-state index contributed by atoms with van der Waals surface area (Å²) in [5.41, 5.74) is 1.56. The van der Waals surface area contributed by atoms with Crippen molar-refractivity contribution in [3.63, 3.8) is 0 Å². The number of nitrogens with one attached hydrogen (secondary N) is 3. The minimum Gasteiger partial charge on any atom is -0.508 e. The van der Waals surface area contributed by atoms with Crippen LogP contribution in [0.1, 0.15) is 12.0 Å². The summed E-state index contributed by atoms with van der Waals surface area (Å²) in [6, 6.07) is 3.62. The number of carboxylic acid groups (broad SMARTS) is 1. The fourth-order valence-corrected chi connectivity index (χ4v) is 3.30. The smallest absolute Gasteiger partial charge is 0.326 e. The quantitative estimate of drug-likeness (QED) is 0.296. The largest absolute Gasteiger partial charge is 0.508 e. The maximum absolute atomic E-state index is 12.4. The molecule has 1 atom stereocenters. The molecule has 0 fully saturated rings. The third-order valence-electron chi connectivity index (χ3n) is 4.80. The van der Waals surface area contributed by atoms with Gasteiger partial charge in [-0.1, -0.05) is 0 Å². The molecule has 0 saturated carbocycles. The van der Waals surface area contributed by atoms with E-state index < -0.39 is 17.9 Å². The van der Waals surface area contributed by atoms with Gasteiger partial charge in [0.15, 0.2) is 11.2 Å². The molecule has 5 N–H and O–H groups in total. The van der Waals surface area contributed by atoms with Crippen molar-refractivity contribution in [3.05, 3.63) is 53.0 Å². The number of hydrogen-bond donors (Lipinski definition) is 5. The highest BCUT2D eigenvalue weighted by Crippen LogP contribution is 2.24. The molecule has 1 amide bonds. The van der Waals surface area contributed by atoms with E-state index in [-0.39, 0.29) is 36.2 Å². The third-order valence-corrected chi connectivity index (χ3v) is 4.80. The van der Waals surface area contributed by atoms with Crippen LogP contribution < -0.4 is 10.9 Å². The van der Waals surface area contributed by atoms with Crippen molar-refractivity contribution in [1.82, 2.24) is 29.8 Å². The van der Waals surface area contributed by atoms with Crippen molar-refractivity contribution in [2.24, 2.45) is 0 Å². The number of carbonyl (C=O) groups excluding carboxylic acids is 1. The number of fused-ring (bicyclic) bond motifs is 2. The maximum Gasteiger partial charge on any atom is 0.326 e. The molecular weight excluding hydrogens is 392 g/mol. The number of imidazole rings is 1. The Labute approximate surface area is 168 Å². The molecule has 4 rings (SSSR count). The lowest BCUT2D eigenvalue weighted by atomic mass is 10.0. The van der Waals surface area contributed by atoms with Gasteiger partial charge in [0.05, 0.1) is 12.7 Å². The second-order valence-corrected chi connectivity index (χ2v) is 6.80. The van der Waals surface area contributed by atoms with Gasteiger partial charge >= 0.3 is 5.97 Å². The Morgan fingerprint density at radius 3 is 2.87 bits per heavy atom. The van der Waals surface area contributed by atoms with E-state index in [0.717, 1.165) is 5.52 Å². The molecule has 11 heteroatoms. The summed E-state index contributed by atoms with van der Waals surface area (Å²) in [6.45, 7) is 0.187. The lowest BCUT2D eigenvalue weighted by molar-refractivity contribution is -0.141. The van der Waals surface area contributed by atoms with Crippen molar-refractivity contribution in [2.75, 3.05) is 0 Å². The first-order chi connectivity index (χ1) is 14.4. The molecule has 1 unspecified atom stereocenters. The zero-order valence-corrected chi connectivity index (χ0v) is 15.6. The molecule has 1 aromatic carbocycles. The molecule has 0 aliphatic carbocycles. The number of benzene rings is 1. The SMILES string of the molecule is O=C(CCn1cnc2c(=O)[nH]cnc21)NC(Cc1c[nH]c2ccc(O)cc12)C(=O)O. The Balaban J connectivity index is 1.44. The number of aliphatic carboxylic acids is 1. The number of nitrogens with zero attached hydrogens (tertiary/aromatic N) is 3. The monoisotopic (exact) mass is 410 g/mol. The molecule has 30 heavy (non-hydrogen) atoms. The van der Waals surface area contributed by atoms with Crippen molar-refractivity contribution in [3.8, 4) is 5.75 Å². The molecule has 0 radical (unpaired) electrons. The number of H-pyrrole nitrogens is 2. The molecule has 0 aliphatic heterocycles. The van der Waals surface area contributed by atoms with E-state index in [1.54, 1.807) is 22.9 Å². The molecule has 0 spiro atoms. The number of phenolic OH excluding ortho intramolecular Hbond substituents is 1. The van der Waals surface area contributed by atoms with Crippen molar-refractivity contribution < 1.29 is 19.8 Å². The van der Waals surface area contributed by atoms with E-state index in [9.17, 15) is 24.6 Å². The van der Waals surface area contributed by atoms with Crippen molar-refractivity contribution >= 4 is 33.9 Å². The molecule has 4 aromatic rings. The summed E-state index contributed by atoms with van der Waals surface area (Å²) in [6.07, 6.45) is 4.36. The van der Waals surface area contributed by atoms with Crippen LogP contribution in [-0.2, 0) is 22.6 Å². The number of aromatic amines is 2. The van der Waals surface area contributed by atoms with E-state index >= 15 is 0 Å². The predicted molar refractivity (Wildman–Crippen MR) is 106 cm³/mol. The van der Waals surface area contributed by atoms with E-state index in [0.29, 0.717) is 16.6 Å². The number of aryl methyl sites for hydroxylation is 1. The first-order valence-electron chi connectivity index (χ1n) is 9.12. The number of amides is 1. The van der Waals surface area contributed by atoms with Crippen LogP contribution >= 0.6 is 0 Å². The fourth-order valence-electron chi connectivity index (χ4n) is 3.30.